The van der Waals surface area contributed by atoms with Crippen molar-refractivity contribution in [1.29, 1.82) is 0 Å². The number of aliphatic hydroxyl groups excluding tert-OH is 2. The van der Waals surface area contributed by atoms with E-state index in [0.717, 1.165) is 0 Å². The first-order valence-electron chi connectivity index (χ1n) is 17.1. The molecule has 0 saturated carbocycles. The van der Waals surface area contributed by atoms with Crippen molar-refractivity contribution in [3.63, 3.8) is 0 Å². The summed E-state index contributed by atoms with van der Waals surface area (Å²) in [5, 5.41) is 21.9. The van der Waals surface area contributed by atoms with Gasteiger partial charge in [0, 0.05) is 25.2 Å². The highest BCUT2D eigenvalue weighted by Gasteiger charge is 2.41. The van der Waals surface area contributed by atoms with Crippen molar-refractivity contribution in [3.8, 4) is 11.5 Å². The summed E-state index contributed by atoms with van der Waals surface area (Å²) in [5.41, 5.74) is 0.811. The van der Waals surface area contributed by atoms with Crippen molar-refractivity contribution >= 4 is 54.4 Å². The summed E-state index contributed by atoms with van der Waals surface area (Å²) < 4.78 is 66.1. The number of rotatable bonds is 11. The number of likely N-dealkylation sites (N-methyl/N-ethyl adjacent to an activating group) is 2. The smallest absolute Gasteiger partial charge is 0.343 e. The summed E-state index contributed by atoms with van der Waals surface area (Å²) >= 11 is 0. The molecule has 286 valence electrons. The third-order valence-corrected chi connectivity index (χ3v) is 13.5. The molecule has 0 aliphatic carbocycles. The van der Waals surface area contributed by atoms with Gasteiger partial charge in [0.25, 0.3) is 0 Å². The maximum Gasteiger partial charge on any atom is 0.343 e. The number of ether oxygens (including phenoxy) is 2. The molecule has 2 heterocycles. The Labute approximate surface area is 314 Å². The standard InChI is InChI=1S/C38H42N4O10S2/c1-23(39(3)4)21-41-25-13-7-9-17-29(25)53(47,48)31-19-11-15-27(33(31)41)51-37(45)35(43)36(44)38(46)52-28-16-12-20-32-34(28)42(22-24(2)40(5)6)26-14-8-10-18-30(26)54(32,49)50/h7-20,23-24,35-36,43-44H,21-22H2,1-6H3. The number of sulfone groups is 2. The Morgan fingerprint density at radius 2 is 0.907 bits per heavy atom. The van der Waals surface area contributed by atoms with Crippen LogP contribution >= 0.6 is 0 Å². The van der Waals surface area contributed by atoms with Gasteiger partial charge in [0.05, 0.1) is 31.0 Å². The van der Waals surface area contributed by atoms with Gasteiger partial charge in [-0.3, -0.25) is 0 Å². The number of nitrogens with zero attached hydrogens (tertiary/aromatic N) is 4. The van der Waals surface area contributed by atoms with Gasteiger partial charge in [-0.05, 0) is 90.6 Å². The molecule has 4 atom stereocenters. The molecule has 54 heavy (non-hydrogen) atoms. The second-order valence-electron chi connectivity index (χ2n) is 13.7. The van der Waals surface area contributed by atoms with Gasteiger partial charge < -0.3 is 39.3 Å². The van der Waals surface area contributed by atoms with Gasteiger partial charge in [-0.1, -0.05) is 36.4 Å². The Kier molecular flexibility index (Phi) is 10.6. The van der Waals surface area contributed by atoms with E-state index in [1.165, 1.54) is 48.5 Å². The summed E-state index contributed by atoms with van der Waals surface area (Å²) in [6.45, 7) is 4.44. The number of esters is 2. The van der Waals surface area contributed by atoms with Crippen LogP contribution in [0.2, 0.25) is 0 Å². The summed E-state index contributed by atoms with van der Waals surface area (Å²) in [6, 6.07) is 20.9. The van der Waals surface area contributed by atoms with Crippen LogP contribution < -0.4 is 19.3 Å². The minimum atomic E-state index is -4.07. The van der Waals surface area contributed by atoms with E-state index in [2.05, 4.69) is 0 Å². The number of benzene rings is 4. The van der Waals surface area contributed by atoms with Gasteiger partial charge >= 0.3 is 11.9 Å². The molecule has 4 aromatic carbocycles. The van der Waals surface area contributed by atoms with Gasteiger partial charge in [0.1, 0.15) is 11.4 Å². The highest BCUT2D eigenvalue weighted by molar-refractivity contribution is 7.92. The number of carbonyl (C=O) groups excluding carboxylic acids is 2. The van der Waals surface area contributed by atoms with Crippen LogP contribution in [0.25, 0.3) is 0 Å². The van der Waals surface area contributed by atoms with Crippen molar-refractivity contribution in [2.24, 2.45) is 0 Å². The average molecular weight is 779 g/mol. The molecule has 0 amide bonds. The molecule has 16 heteroatoms. The lowest BCUT2D eigenvalue weighted by Gasteiger charge is -2.37. The third kappa shape index (κ3) is 6.85. The molecular formula is C38H42N4O10S2. The number of hydrogen-bond acceptors (Lipinski definition) is 14. The number of hydrogen-bond donors (Lipinski definition) is 2. The van der Waals surface area contributed by atoms with E-state index in [4.69, 9.17) is 9.47 Å². The number of para-hydroxylation sites is 4. The molecule has 0 aromatic heterocycles. The number of anilines is 4. The Morgan fingerprint density at radius 1 is 0.574 bits per heavy atom. The molecule has 4 aromatic rings. The second-order valence-corrected chi connectivity index (χ2v) is 17.5. The van der Waals surface area contributed by atoms with Crippen molar-refractivity contribution in [2.45, 2.75) is 57.7 Å². The van der Waals surface area contributed by atoms with E-state index >= 15 is 0 Å². The molecule has 0 spiro atoms. The van der Waals surface area contributed by atoms with Crippen LogP contribution in [0.15, 0.2) is 105 Å². The predicted octanol–water partition coefficient (Wildman–Crippen LogP) is 3.39. The summed E-state index contributed by atoms with van der Waals surface area (Å²) in [7, 11) is -0.666. The van der Waals surface area contributed by atoms with Crippen LogP contribution in [0.3, 0.4) is 0 Å². The average Bonchev–Trinajstić information content (AvgIpc) is 3.14. The van der Waals surface area contributed by atoms with Crippen LogP contribution in [-0.4, -0.2) is 114 Å². The first kappa shape index (κ1) is 38.9. The SMILES string of the molecule is CC(CN1c2ccccc2S(=O)(=O)c2cccc(OC(=O)C(O)C(O)C(=O)Oc3cccc4c3N(CC(C)N(C)C)c3ccccc3S4(=O)=O)c21)N(C)C. The fourth-order valence-corrected chi connectivity index (χ4v) is 9.60. The number of carbonyl (C=O) groups is 2. The molecular weight excluding hydrogens is 737 g/mol. The number of fused-ring (bicyclic) bond motifs is 4. The van der Waals surface area contributed by atoms with Gasteiger partial charge in [-0.2, -0.15) is 0 Å². The van der Waals surface area contributed by atoms with Crippen molar-refractivity contribution in [3.05, 3.63) is 84.9 Å². The lowest BCUT2D eigenvalue weighted by Crippen LogP contribution is -2.44. The van der Waals surface area contributed by atoms with Crippen LogP contribution in [-0.2, 0) is 29.3 Å². The molecule has 2 N–H and O–H groups in total. The molecule has 2 aliphatic rings. The highest BCUT2D eigenvalue weighted by Crippen LogP contribution is 2.50. The fourth-order valence-electron chi connectivity index (χ4n) is 6.26. The zero-order valence-electron chi connectivity index (χ0n) is 30.6. The molecule has 0 saturated heterocycles. The largest absolute Gasteiger partial charge is 0.422 e. The zero-order chi connectivity index (χ0) is 39.3. The van der Waals surface area contributed by atoms with Crippen molar-refractivity contribution in [2.75, 3.05) is 51.1 Å². The van der Waals surface area contributed by atoms with Crippen LogP contribution in [0.4, 0.5) is 22.7 Å². The van der Waals surface area contributed by atoms with Gasteiger partial charge in [0.2, 0.25) is 19.7 Å². The first-order valence-corrected chi connectivity index (χ1v) is 20.0. The Bertz CT molecular complexity index is 2170. The van der Waals surface area contributed by atoms with E-state index in [0.29, 0.717) is 11.4 Å². The minimum absolute atomic E-state index is 0.0481. The second kappa shape index (κ2) is 14.8. The first-order chi connectivity index (χ1) is 25.5. The third-order valence-electron chi connectivity index (χ3n) is 9.79. The van der Waals surface area contributed by atoms with Crippen molar-refractivity contribution in [1.82, 2.24) is 9.80 Å². The van der Waals surface area contributed by atoms with E-state index < -0.39 is 43.8 Å². The Balaban J connectivity index is 1.30. The maximum absolute atomic E-state index is 13.8. The van der Waals surface area contributed by atoms with Crippen LogP contribution in [0.1, 0.15) is 13.8 Å². The van der Waals surface area contributed by atoms with Crippen LogP contribution in [0.5, 0.6) is 11.5 Å². The lowest BCUT2D eigenvalue weighted by atomic mass is 10.1. The maximum atomic E-state index is 13.8. The van der Waals surface area contributed by atoms with Gasteiger partial charge in [-0.15, -0.1) is 0 Å². The minimum Gasteiger partial charge on any atom is -0.422 e. The van der Waals surface area contributed by atoms with Gasteiger partial charge in [-0.25, -0.2) is 26.4 Å². The fraction of sp³-hybridized carbons (Fsp3) is 0.316. The quantitative estimate of drug-likeness (QED) is 0.168. The van der Waals surface area contributed by atoms with E-state index in [-0.39, 0.29) is 67.6 Å². The molecule has 0 fully saturated rings. The molecule has 0 bridgehead atoms. The Hall–Kier alpha value is -4.84. The zero-order valence-corrected chi connectivity index (χ0v) is 32.2. The lowest BCUT2D eigenvalue weighted by molar-refractivity contribution is -0.162. The summed E-state index contributed by atoms with van der Waals surface area (Å²) in [5.74, 6) is -3.38. The molecule has 4 unspecified atom stereocenters. The van der Waals surface area contributed by atoms with E-state index in [1.54, 1.807) is 46.2 Å². The van der Waals surface area contributed by atoms with E-state index in [9.17, 15) is 36.6 Å². The molecule has 6 rings (SSSR count). The van der Waals surface area contributed by atoms with E-state index in [1.807, 2.05) is 51.8 Å². The van der Waals surface area contributed by atoms with Gasteiger partial charge in [0.15, 0.2) is 23.7 Å². The number of aliphatic hydroxyl groups is 2. The van der Waals surface area contributed by atoms with Crippen LogP contribution in [0, 0.1) is 0 Å². The van der Waals surface area contributed by atoms with Crippen molar-refractivity contribution < 1.29 is 46.1 Å². The predicted molar refractivity (Wildman–Crippen MR) is 200 cm³/mol. The highest BCUT2D eigenvalue weighted by atomic mass is 32.2. The summed E-state index contributed by atoms with van der Waals surface area (Å²) in [4.78, 5) is 34.0. The topological polar surface area (TPSA) is 174 Å². The molecule has 14 nitrogen and oxygen atoms in total. The Morgan fingerprint density at radius 3 is 1.26 bits per heavy atom. The molecule has 0 radical (unpaired) electrons. The normalized spacial score (nSPS) is 17.4. The molecule has 2 aliphatic heterocycles. The summed E-state index contributed by atoms with van der Waals surface area (Å²) in [6.07, 6.45) is -4.97. The monoisotopic (exact) mass is 778 g/mol.